The average Bonchev–Trinajstić information content (AvgIpc) is 2.73. The van der Waals surface area contributed by atoms with Gasteiger partial charge in [0.25, 0.3) is 0 Å². The minimum Gasteiger partial charge on any atom is -0.489 e. The van der Waals surface area contributed by atoms with Crippen LogP contribution in [0.1, 0.15) is 24.1 Å². The second-order valence-electron chi connectivity index (χ2n) is 6.54. The normalized spacial score (nSPS) is 16.1. The summed E-state index contributed by atoms with van der Waals surface area (Å²) >= 11 is 1.60. The fourth-order valence-electron chi connectivity index (χ4n) is 3.01. The van der Waals surface area contributed by atoms with Gasteiger partial charge < -0.3 is 20.1 Å². The molecule has 2 aromatic rings. The van der Waals surface area contributed by atoms with Crippen molar-refractivity contribution in [3.05, 3.63) is 77.0 Å². The van der Waals surface area contributed by atoms with E-state index in [9.17, 15) is 9.59 Å². The van der Waals surface area contributed by atoms with Crippen molar-refractivity contribution in [1.29, 1.82) is 0 Å². The summed E-state index contributed by atoms with van der Waals surface area (Å²) in [5.74, 6) is 0.997. The second kappa shape index (κ2) is 10.0. The number of carbonyl (C=O) groups is 2. The van der Waals surface area contributed by atoms with Gasteiger partial charge in [0, 0.05) is 11.4 Å². The molecule has 0 aromatic heterocycles. The highest BCUT2D eigenvalue weighted by Crippen LogP contribution is 2.29. The van der Waals surface area contributed by atoms with Crippen LogP contribution in [0.2, 0.25) is 0 Å². The zero-order chi connectivity index (χ0) is 20.6. The Morgan fingerprint density at radius 2 is 1.83 bits per heavy atom. The van der Waals surface area contributed by atoms with Crippen molar-refractivity contribution < 1.29 is 19.1 Å². The fourth-order valence-corrected chi connectivity index (χ4v) is 3.26. The standard InChI is InChI=1S/C22H24N2O4S/c1-15-19(21(25)27-12-13-29-2)20(24-22(26)23-15)17-8-10-18(11-9-17)28-14-16-6-4-3-5-7-16/h3-11,20H,12-14H2,1-2H3,(H2,23,24,26)/t20-/m1/s1. The Labute approximate surface area is 174 Å². The van der Waals surface area contributed by atoms with Gasteiger partial charge in [0.05, 0.1) is 11.6 Å². The van der Waals surface area contributed by atoms with E-state index >= 15 is 0 Å². The largest absolute Gasteiger partial charge is 0.489 e. The number of allylic oxidation sites excluding steroid dienone is 1. The van der Waals surface area contributed by atoms with E-state index in [1.807, 2.05) is 60.9 Å². The number of urea groups is 1. The monoisotopic (exact) mass is 412 g/mol. The van der Waals surface area contributed by atoms with Gasteiger partial charge in [-0.25, -0.2) is 9.59 Å². The maximum absolute atomic E-state index is 12.6. The third kappa shape index (κ3) is 5.54. The predicted molar refractivity (Wildman–Crippen MR) is 114 cm³/mol. The number of amides is 2. The van der Waals surface area contributed by atoms with Gasteiger partial charge in [0.1, 0.15) is 19.0 Å². The molecule has 1 aliphatic rings. The molecule has 1 heterocycles. The number of thioether (sulfide) groups is 1. The highest BCUT2D eigenvalue weighted by atomic mass is 32.2. The first-order valence-electron chi connectivity index (χ1n) is 9.29. The molecule has 0 fully saturated rings. The lowest BCUT2D eigenvalue weighted by molar-refractivity contribution is -0.138. The van der Waals surface area contributed by atoms with E-state index in [0.717, 1.165) is 16.9 Å². The van der Waals surface area contributed by atoms with Crippen LogP contribution in [0.15, 0.2) is 65.9 Å². The van der Waals surface area contributed by atoms with E-state index in [1.54, 1.807) is 18.7 Å². The molecule has 0 spiro atoms. The molecule has 0 aliphatic carbocycles. The zero-order valence-electron chi connectivity index (χ0n) is 16.4. The predicted octanol–water partition coefficient (Wildman–Crippen LogP) is 3.80. The molecule has 29 heavy (non-hydrogen) atoms. The van der Waals surface area contributed by atoms with Crippen molar-refractivity contribution in [3.8, 4) is 5.75 Å². The van der Waals surface area contributed by atoms with Gasteiger partial charge in [-0.15, -0.1) is 0 Å². The van der Waals surface area contributed by atoms with Crippen molar-refractivity contribution >= 4 is 23.8 Å². The molecule has 2 aromatic carbocycles. The number of esters is 1. The van der Waals surface area contributed by atoms with Crippen molar-refractivity contribution in [3.63, 3.8) is 0 Å². The number of hydrogen-bond donors (Lipinski definition) is 2. The number of ether oxygens (including phenoxy) is 2. The van der Waals surface area contributed by atoms with Crippen molar-refractivity contribution in [2.45, 2.75) is 19.6 Å². The van der Waals surface area contributed by atoms with Crippen LogP contribution in [0.5, 0.6) is 5.75 Å². The molecule has 7 heteroatoms. The summed E-state index contributed by atoms with van der Waals surface area (Å²) in [4.78, 5) is 24.6. The molecule has 0 bridgehead atoms. The first-order valence-corrected chi connectivity index (χ1v) is 10.7. The number of hydrogen-bond acceptors (Lipinski definition) is 5. The molecular formula is C22H24N2O4S. The molecule has 1 aliphatic heterocycles. The molecule has 6 nitrogen and oxygen atoms in total. The maximum Gasteiger partial charge on any atom is 0.338 e. The van der Waals surface area contributed by atoms with Crippen LogP contribution in [0.3, 0.4) is 0 Å². The first kappa shape index (κ1) is 20.8. The van der Waals surface area contributed by atoms with Crippen LogP contribution in [0.4, 0.5) is 4.79 Å². The molecule has 1 atom stereocenters. The van der Waals surface area contributed by atoms with Crippen molar-refractivity contribution in [2.24, 2.45) is 0 Å². The number of benzene rings is 2. The van der Waals surface area contributed by atoms with Gasteiger partial charge in [-0.05, 0) is 36.4 Å². The van der Waals surface area contributed by atoms with Gasteiger partial charge in [-0.2, -0.15) is 11.8 Å². The molecule has 3 rings (SSSR count). The van der Waals surface area contributed by atoms with Crippen LogP contribution < -0.4 is 15.4 Å². The van der Waals surface area contributed by atoms with E-state index in [2.05, 4.69) is 10.6 Å². The maximum atomic E-state index is 12.6. The first-order chi connectivity index (χ1) is 14.1. The quantitative estimate of drug-likeness (QED) is 0.509. The Balaban J connectivity index is 1.73. The fraction of sp³-hybridized carbons (Fsp3) is 0.273. The Morgan fingerprint density at radius 1 is 1.10 bits per heavy atom. The van der Waals surface area contributed by atoms with E-state index < -0.39 is 12.0 Å². The molecule has 0 saturated heterocycles. The lowest BCUT2D eigenvalue weighted by Crippen LogP contribution is -2.45. The smallest absolute Gasteiger partial charge is 0.338 e. The van der Waals surface area contributed by atoms with Crippen molar-refractivity contribution in [1.82, 2.24) is 10.6 Å². The summed E-state index contributed by atoms with van der Waals surface area (Å²) in [7, 11) is 0. The molecule has 0 saturated carbocycles. The van der Waals surface area contributed by atoms with E-state index in [4.69, 9.17) is 9.47 Å². The third-order valence-electron chi connectivity index (χ3n) is 4.47. The minimum absolute atomic E-state index is 0.323. The van der Waals surface area contributed by atoms with E-state index in [0.29, 0.717) is 30.2 Å². The molecule has 152 valence electrons. The Bertz CT molecular complexity index is 881. The molecule has 0 unspecified atom stereocenters. The van der Waals surface area contributed by atoms with Gasteiger partial charge in [-0.1, -0.05) is 42.5 Å². The average molecular weight is 413 g/mol. The van der Waals surface area contributed by atoms with Gasteiger partial charge >= 0.3 is 12.0 Å². The van der Waals surface area contributed by atoms with Crippen LogP contribution in [-0.2, 0) is 16.1 Å². The van der Waals surface area contributed by atoms with Crippen LogP contribution in [0, 0.1) is 0 Å². The third-order valence-corrected chi connectivity index (χ3v) is 5.05. The van der Waals surface area contributed by atoms with Gasteiger partial charge in [0.15, 0.2) is 0 Å². The number of rotatable bonds is 8. The van der Waals surface area contributed by atoms with Crippen LogP contribution >= 0.6 is 11.8 Å². The Hall–Kier alpha value is -2.93. The Morgan fingerprint density at radius 3 is 2.52 bits per heavy atom. The topological polar surface area (TPSA) is 76.7 Å². The summed E-state index contributed by atoms with van der Waals surface area (Å²) < 4.78 is 11.2. The Kier molecular flexibility index (Phi) is 7.19. The number of carbonyl (C=O) groups excluding carboxylic acids is 2. The molecule has 2 N–H and O–H groups in total. The lowest BCUT2D eigenvalue weighted by Gasteiger charge is -2.28. The number of nitrogens with one attached hydrogen (secondary N) is 2. The second-order valence-corrected chi connectivity index (χ2v) is 7.53. The summed E-state index contributed by atoms with van der Waals surface area (Å²) in [5.41, 5.74) is 2.76. The van der Waals surface area contributed by atoms with Crippen LogP contribution in [-0.4, -0.2) is 30.6 Å². The lowest BCUT2D eigenvalue weighted by atomic mass is 9.95. The van der Waals surface area contributed by atoms with Crippen LogP contribution in [0.25, 0.3) is 0 Å². The van der Waals surface area contributed by atoms with Gasteiger partial charge in [-0.3, -0.25) is 0 Å². The summed E-state index contributed by atoms with van der Waals surface area (Å²) in [6.45, 7) is 2.49. The molecular weight excluding hydrogens is 388 g/mol. The van der Waals surface area contributed by atoms with Gasteiger partial charge in [0.2, 0.25) is 0 Å². The molecule has 0 radical (unpaired) electrons. The summed E-state index contributed by atoms with van der Waals surface area (Å²) in [6, 6.07) is 16.3. The SMILES string of the molecule is CSCCOC(=O)C1=C(C)NC(=O)N[C@@H]1c1ccc(OCc2ccccc2)cc1. The van der Waals surface area contributed by atoms with E-state index in [-0.39, 0.29) is 6.03 Å². The highest BCUT2D eigenvalue weighted by Gasteiger charge is 2.32. The van der Waals surface area contributed by atoms with Crippen molar-refractivity contribution in [2.75, 3.05) is 18.6 Å². The highest BCUT2D eigenvalue weighted by molar-refractivity contribution is 7.98. The summed E-state index contributed by atoms with van der Waals surface area (Å²) in [6.07, 6.45) is 1.95. The zero-order valence-corrected chi connectivity index (χ0v) is 17.3. The van der Waals surface area contributed by atoms with E-state index in [1.165, 1.54) is 0 Å². The molecule has 2 amide bonds. The minimum atomic E-state index is -0.575. The summed E-state index contributed by atoms with van der Waals surface area (Å²) in [5, 5.41) is 5.46.